The highest BCUT2D eigenvalue weighted by molar-refractivity contribution is 5.74. The van der Waals surface area contributed by atoms with E-state index in [4.69, 9.17) is 9.72 Å². The molecule has 2 aromatic heterocycles. The van der Waals surface area contributed by atoms with Gasteiger partial charge >= 0.3 is 0 Å². The molecule has 2 heterocycles. The van der Waals surface area contributed by atoms with Crippen molar-refractivity contribution < 1.29 is 4.74 Å². The number of nitrogens with zero attached hydrogens (tertiary/aromatic N) is 3. The molecule has 5 rings (SSSR count). The van der Waals surface area contributed by atoms with Crippen LogP contribution in [0, 0.1) is 0 Å². The highest BCUT2D eigenvalue weighted by Gasteiger charge is 2.21. The molecule has 0 bridgehead atoms. The predicted molar refractivity (Wildman–Crippen MR) is 115 cm³/mol. The highest BCUT2D eigenvalue weighted by atomic mass is 16.5. The molecule has 0 aliphatic heterocycles. The minimum Gasteiger partial charge on any atom is -0.493 e. The second kappa shape index (κ2) is 7.78. The van der Waals surface area contributed by atoms with Crippen LogP contribution >= 0.6 is 0 Å². The van der Waals surface area contributed by atoms with Crippen molar-refractivity contribution in [1.82, 2.24) is 15.0 Å². The van der Waals surface area contributed by atoms with Gasteiger partial charge < -0.3 is 4.74 Å². The summed E-state index contributed by atoms with van der Waals surface area (Å²) >= 11 is 0. The fourth-order valence-corrected chi connectivity index (χ4v) is 4.21. The molecule has 3 aromatic rings. The zero-order valence-corrected chi connectivity index (χ0v) is 16.8. The molecule has 0 atom stereocenters. The summed E-state index contributed by atoms with van der Waals surface area (Å²) in [5.74, 6) is 1.84. The molecule has 0 amide bonds. The van der Waals surface area contributed by atoms with Gasteiger partial charge in [-0.25, -0.2) is 9.97 Å². The monoisotopic (exact) mass is 383 g/mol. The maximum absolute atomic E-state index is 6.05. The zero-order chi connectivity index (χ0) is 19.6. The number of hydrogen-bond acceptors (Lipinski definition) is 4. The van der Waals surface area contributed by atoms with E-state index in [1.807, 2.05) is 24.5 Å². The van der Waals surface area contributed by atoms with E-state index >= 15 is 0 Å². The Hall–Kier alpha value is -3.01. The topological polar surface area (TPSA) is 47.9 Å². The van der Waals surface area contributed by atoms with Crippen molar-refractivity contribution in [3.8, 4) is 22.6 Å². The molecule has 0 unspecified atom stereocenters. The van der Waals surface area contributed by atoms with Gasteiger partial charge in [0.2, 0.25) is 0 Å². The van der Waals surface area contributed by atoms with Crippen molar-refractivity contribution in [2.45, 2.75) is 45.4 Å². The summed E-state index contributed by atoms with van der Waals surface area (Å²) < 4.78 is 6.05. The lowest BCUT2D eigenvalue weighted by molar-refractivity contribution is 0.290. The van der Waals surface area contributed by atoms with E-state index in [2.05, 4.69) is 35.1 Å². The van der Waals surface area contributed by atoms with E-state index in [1.165, 1.54) is 34.2 Å². The van der Waals surface area contributed by atoms with Crippen molar-refractivity contribution in [1.29, 1.82) is 0 Å². The van der Waals surface area contributed by atoms with Crippen LogP contribution in [0.4, 0.5) is 0 Å². The third-order valence-corrected chi connectivity index (χ3v) is 5.87. The number of rotatable bonds is 4. The average molecular weight is 383 g/mol. The number of benzene rings is 1. The molecule has 1 saturated carbocycles. The van der Waals surface area contributed by atoms with E-state index < -0.39 is 0 Å². The van der Waals surface area contributed by atoms with Crippen molar-refractivity contribution in [3.63, 3.8) is 0 Å². The molecule has 0 N–H and O–H groups in total. The Morgan fingerprint density at radius 1 is 1.00 bits per heavy atom. The van der Waals surface area contributed by atoms with Crippen LogP contribution in [0.5, 0.6) is 0 Å². The average Bonchev–Trinajstić information content (AvgIpc) is 2.91. The van der Waals surface area contributed by atoms with Gasteiger partial charge in [-0.3, -0.25) is 4.98 Å². The SMILES string of the molecule is CCOC(=C1CCC1)c1ccc2c(c1)CCCc1cnc(-c3cccnc3)nc1-2. The Morgan fingerprint density at radius 2 is 1.86 bits per heavy atom. The molecule has 29 heavy (non-hydrogen) atoms. The molecular weight excluding hydrogens is 358 g/mol. The van der Waals surface area contributed by atoms with E-state index in [0.29, 0.717) is 6.61 Å². The summed E-state index contributed by atoms with van der Waals surface area (Å²) in [5, 5.41) is 0. The van der Waals surface area contributed by atoms with Gasteiger partial charge in [0.05, 0.1) is 12.3 Å². The fourth-order valence-electron chi connectivity index (χ4n) is 4.21. The Kier molecular flexibility index (Phi) is 4.84. The third-order valence-electron chi connectivity index (χ3n) is 5.87. The van der Waals surface area contributed by atoms with Gasteiger partial charge in [0.15, 0.2) is 5.82 Å². The molecule has 0 spiro atoms. The predicted octanol–water partition coefficient (Wildman–Crippen LogP) is 5.63. The molecule has 1 fully saturated rings. The maximum atomic E-state index is 6.05. The molecule has 146 valence electrons. The first-order valence-corrected chi connectivity index (χ1v) is 10.6. The fraction of sp³-hybridized carbons (Fsp3) is 0.320. The van der Waals surface area contributed by atoms with Gasteiger partial charge in [-0.15, -0.1) is 0 Å². The highest BCUT2D eigenvalue weighted by Crippen LogP contribution is 2.37. The minimum absolute atomic E-state index is 0.709. The Labute approximate surface area is 171 Å². The summed E-state index contributed by atoms with van der Waals surface area (Å²) in [6, 6.07) is 10.7. The van der Waals surface area contributed by atoms with E-state index in [-0.39, 0.29) is 0 Å². The van der Waals surface area contributed by atoms with Crippen molar-refractivity contribution in [2.24, 2.45) is 0 Å². The number of pyridine rings is 1. The van der Waals surface area contributed by atoms with E-state index in [1.54, 1.807) is 6.20 Å². The van der Waals surface area contributed by atoms with Crippen molar-refractivity contribution in [3.05, 3.63) is 71.2 Å². The van der Waals surface area contributed by atoms with Crippen LogP contribution in [-0.4, -0.2) is 21.6 Å². The molecule has 0 saturated heterocycles. The number of aromatic nitrogens is 3. The third kappa shape index (κ3) is 3.44. The minimum atomic E-state index is 0.709. The van der Waals surface area contributed by atoms with E-state index in [0.717, 1.165) is 54.9 Å². The number of allylic oxidation sites excluding steroid dienone is 1. The molecule has 1 aromatic carbocycles. The molecule has 4 nitrogen and oxygen atoms in total. The van der Waals surface area contributed by atoms with Crippen LogP contribution in [-0.2, 0) is 17.6 Å². The second-order valence-corrected chi connectivity index (χ2v) is 7.75. The van der Waals surface area contributed by atoms with Gasteiger partial charge in [0, 0.05) is 35.3 Å². The second-order valence-electron chi connectivity index (χ2n) is 7.75. The molecule has 2 aliphatic carbocycles. The van der Waals surface area contributed by atoms with Crippen molar-refractivity contribution in [2.75, 3.05) is 6.61 Å². The quantitative estimate of drug-likeness (QED) is 0.548. The molecular formula is C25H25N3O. The van der Waals surface area contributed by atoms with Crippen molar-refractivity contribution >= 4 is 5.76 Å². The standard InChI is InChI=1S/C25H25N3O/c1-2-29-24(17-6-3-7-17)19-11-12-22-18(14-19)8-4-9-20-16-27-25(28-23(20)22)21-10-5-13-26-15-21/h5,10-16H,2-4,6-9H2,1H3. The van der Waals surface area contributed by atoms with Gasteiger partial charge in [0.25, 0.3) is 0 Å². The molecule has 4 heteroatoms. The number of fused-ring (bicyclic) bond motifs is 3. The van der Waals surface area contributed by atoms with Gasteiger partial charge in [-0.05, 0) is 80.3 Å². The maximum Gasteiger partial charge on any atom is 0.161 e. The Bertz CT molecular complexity index is 1070. The summed E-state index contributed by atoms with van der Waals surface area (Å²) in [5.41, 5.74) is 8.49. The summed E-state index contributed by atoms with van der Waals surface area (Å²) in [6.45, 7) is 2.77. The van der Waals surface area contributed by atoms with Crippen LogP contribution in [0.1, 0.15) is 49.3 Å². The Morgan fingerprint density at radius 3 is 2.62 bits per heavy atom. The first-order chi connectivity index (χ1) is 14.3. The normalized spacial score (nSPS) is 15.0. The van der Waals surface area contributed by atoms with Crippen LogP contribution in [0.2, 0.25) is 0 Å². The number of ether oxygens (including phenoxy) is 1. The molecule has 0 radical (unpaired) electrons. The first-order valence-electron chi connectivity index (χ1n) is 10.6. The van der Waals surface area contributed by atoms with Gasteiger partial charge in [0.1, 0.15) is 5.76 Å². The van der Waals surface area contributed by atoms with Gasteiger partial charge in [-0.1, -0.05) is 12.1 Å². The van der Waals surface area contributed by atoms with Gasteiger partial charge in [-0.2, -0.15) is 0 Å². The lowest BCUT2D eigenvalue weighted by Crippen LogP contribution is -2.05. The zero-order valence-electron chi connectivity index (χ0n) is 16.8. The summed E-state index contributed by atoms with van der Waals surface area (Å²) in [7, 11) is 0. The smallest absolute Gasteiger partial charge is 0.161 e. The lowest BCUT2D eigenvalue weighted by Gasteiger charge is -2.23. The van der Waals surface area contributed by atoms with E-state index in [9.17, 15) is 0 Å². The number of hydrogen-bond donors (Lipinski definition) is 0. The Balaban J connectivity index is 1.59. The number of aryl methyl sites for hydroxylation is 2. The molecule has 2 aliphatic rings. The van der Waals surface area contributed by atoms with Crippen LogP contribution in [0.3, 0.4) is 0 Å². The first kappa shape index (κ1) is 18.0. The van der Waals surface area contributed by atoms with Crippen LogP contribution < -0.4 is 0 Å². The largest absolute Gasteiger partial charge is 0.493 e. The van der Waals surface area contributed by atoms with Crippen LogP contribution in [0.15, 0.2) is 54.5 Å². The summed E-state index contributed by atoms with van der Waals surface area (Å²) in [4.78, 5) is 13.8. The lowest BCUT2D eigenvalue weighted by atomic mass is 9.88. The summed E-state index contributed by atoms with van der Waals surface area (Å²) in [6.07, 6.45) is 12.4. The van der Waals surface area contributed by atoms with Crippen LogP contribution in [0.25, 0.3) is 28.4 Å².